The van der Waals surface area contributed by atoms with Crippen molar-refractivity contribution in [1.82, 2.24) is 10.3 Å². The average molecular weight is 418 g/mol. The van der Waals surface area contributed by atoms with E-state index in [0.29, 0.717) is 6.61 Å². The fourth-order valence-corrected chi connectivity index (χ4v) is 4.14. The van der Waals surface area contributed by atoms with E-state index in [0.717, 1.165) is 18.7 Å². The highest BCUT2D eigenvalue weighted by atomic mass is 127. The summed E-state index contributed by atoms with van der Waals surface area (Å²) in [7, 11) is 0. The SMILES string of the molecule is CCOc1ccc2[nH]c3c(c2c1)CCNC3c1ccccc1I. The Hall–Kier alpha value is -1.53. The van der Waals surface area contributed by atoms with Crippen LogP contribution in [0.3, 0.4) is 0 Å². The van der Waals surface area contributed by atoms with E-state index in [9.17, 15) is 0 Å². The van der Waals surface area contributed by atoms with Gasteiger partial charge in [-0.2, -0.15) is 0 Å². The molecule has 0 radical (unpaired) electrons. The van der Waals surface area contributed by atoms with Gasteiger partial charge in [-0.3, -0.25) is 0 Å². The molecular formula is C19H19IN2O. The molecule has 2 heterocycles. The predicted molar refractivity (Wildman–Crippen MR) is 102 cm³/mol. The normalized spacial score (nSPS) is 17.2. The highest BCUT2D eigenvalue weighted by Crippen LogP contribution is 2.36. The molecule has 0 amide bonds. The highest BCUT2D eigenvalue weighted by Gasteiger charge is 2.26. The second-order valence-electron chi connectivity index (χ2n) is 5.82. The number of ether oxygens (including phenoxy) is 1. The van der Waals surface area contributed by atoms with E-state index in [1.807, 2.05) is 13.0 Å². The number of aromatic amines is 1. The third kappa shape index (κ3) is 2.64. The Bertz CT molecular complexity index is 856. The Labute approximate surface area is 149 Å². The summed E-state index contributed by atoms with van der Waals surface area (Å²) in [5.41, 5.74) is 5.25. The van der Waals surface area contributed by atoms with Crippen LogP contribution in [-0.4, -0.2) is 18.1 Å². The highest BCUT2D eigenvalue weighted by molar-refractivity contribution is 14.1. The van der Waals surface area contributed by atoms with Crippen molar-refractivity contribution in [2.45, 2.75) is 19.4 Å². The molecule has 1 aliphatic heterocycles. The maximum atomic E-state index is 5.67. The molecule has 1 aliphatic rings. The lowest BCUT2D eigenvalue weighted by Crippen LogP contribution is -2.30. The van der Waals surface area contributed by atoms with Gasteiger partial charge in [-0.05, 0) is 71.3 Å². The summed E-state index contributed by atoms with van der Waals surface area (Å²) >= 11 is 2.42. The molecule has 118 valence electrons. The Morgan fingerprint density at radius 3 is 2.91 bits per heavy atom. The number of hydrogen-bond acceptors (Lipinski definition) is 2. The van der Waals surface area contributed by atoms with Crippen molar-refractivity contribution >= 4 is 33.5 Å². The van der Waals surface area contributed by atoms with Crippen LogP contribution in [0.15, 0.2) is 42.5 Å². The summed E-state index contributed by atoms with van der Waals surface area (Å²) in [5.74, 6) is 0.950. The van der Waals surface area contributed by atoms with E-state index >= 15 is 0 Å². The zero-order chi connectivity index (χ0) is 15.8. The summed E-state index contributed by atoms with van der Waals surface area (Å²) < 4.78 is 6.97. The molecule has 3 aromatic rings. The molecule has 0 aliphatic carbocycles. The van der Waals surface area contributed by atoms with Gasteiger partial charge in [-0.25, -0.2) is 0 Å². The topological polar surface area (TPSA) is 37.0 Å². The van der Waals surface area contributed by atoms with Gasteiger partial charge < -0.3 is 15.0 Å². The van der Waals surface area contributed by atoms with Gasteiger partial charge in [0.2, 0.25) is 0 Å². The lowest BCUT2D eigenvalue weighted by molar-refractivity contribution is 0.340. The Balaban J connectivity index is 1.85. The molecule has 0 saturated heterocycles. The van der Waals surface area contributed by atoms with Crippen LogP contribution in [0.25, 0.3) is 10.9 Å². The molecule has 2 aromatic carbocycles. The molecule has 1 unspecified atom stereocenters. The summed E-state index contributed by atoms with van der Waals surface area (Å²) in [6, 6.07) is 15.2. The average Bonchev–Trinajstić information content (AvgIpc) is 2.94. The van der Waals surface area contributed by atoms with Crippen LogP contribution in [0.5, 0.6) is 5.75 Å². The minimum Gasteiger partial charge on any atom is -0.494 e. The predicted octanol–water partition coefficient (Wildman–Crippen LogP) is 4.41. The van der Waals surface area contributed by atoms with Gasteiger partial charge in [-0.1, -0.05) is 18.2 Å². The second-order valence-corrected chi connectivity index (χ2v) is 6.98. The first-order valence-electron chi connectivity index (χ1n) is 8.03. The van der Waals surface area contributed by atoms with Crippen LogP contribution < -0.4 is 10.1 Å². The molecule has 0 spiro atoms. The first-order valence-corrected chi connectivity index (χ1v) is 9.11. The van der Waals surface area contributed by atoms with Gasteiger partial charge in [0.15, 0.2) is 0 Å². The van der Waals surface area contributed by atoms with E-state index in [2.05, 4.69) is 69.3 Å². The molecule has 23 heavy (non-hydrogen) atoms. The zero-order valence-electron chi connectivity index (χ0n) is 13.0. The van der Waals surface area contributed by atoms with Gasteiger partial charge in [-0.15, -0.1) is 0 Å². The minimum absolute atomic E-state index is 0.231. The fraction of sp³-hybridized carbons (Fsp3) is 0.263. The Kier molecular flexibility index (Phi) is 4.03. The van der Waals surface area contributed by atoms with E-state index in [1.165, 1.54) is 31.3 Å². The van der Waals surface area contributed by atoms with Gasteiger partial charge in [0.25, 0.3) is 0 Å². The van der Waals surface area contributed by atoms with E-state index in [4.69, 9.17) is 4.74 Å². The number of benzene rings is 2. The van der Waals surface area contributed by atoms with Gasteiger partial charge in [0, 0.05) is 26.7 Å². The molecule has 2 N–H and O–H groups in total. The smallest absolute Gasteiger partial charge is 0.120 e. The quantitative estimate of drug-likeness (QED) is 0.619. The van der Waals surface area contributed by atoms with Crippen molar-refractivity contribution < 1.29 is 4.74 Å². The number of fused-ring (bicyclic) bond motifs is 3. The fourth-order valence-electron chi connectivity index (χ4n) is 3.44. The van der Waals surface area contributed by atoms with Crippen molar-refractivity contribution in [3.05, 3.63) is 62.9 Å². The number of hydrogen-bond donors (Lipinski definition) is 2. The van der Waals surface area contributed by atoms with Gasteiger partial charge in [0.05, 0.1) is 12.6 Å². The van der Waals surface area contributed by atoms with E-state index < -0.39 is 0 Å². The summed E-state index contributed by atoms with van der Waals surface area (Å²) in [6.07, 6.45) is 1.05. The molecule has 3 nitrogen and oxygen atoms in total. The first-order chi connectivity index (χ1) is 11.3. The maximum Gasteiger partial charge on any atom is 0.120 e. The molecule has 1 atom stereocenters. The van der Waals surface area contributed by atoms with Crippen molar-refractivity contribution in [3.63, 3.8) is 0 Å². The molecule has 4 rings (SSSR count). The third-order valence-corrected chi connectivity index (χ3v) is 5.43. The summed E-state index contributed by atoms with van der Waals surface area (Å²) in [6.45, 7) is 3.72. The van der Waals surface area contributed by atoms with Crippen molar-refractivity contribution in [2.75, 3.05) is 13.2 Å². The van der Waals surface area contributed by atoms with E-state index in [-0.39, 0.29) is 6.04 Å². The Morgan fingerprint density at radius 2 is 2.09 bits per heavy atom. The standard InChI is InChI=1S/C19H19IN2O/c1-2-23-12-7-8-17-15(11-12)13-9-10-21-18(19(13)22-17)14-5-3-4-6-16(14)20/h3-8,11,18,21-22H,2,9-10H2,1H3. The molecule has 0 fully saturated rings. The van der Waals surface area contributed by atoms with Crippen molar-refractivity contribution in [3.8, 4) is 5.75 Å². The van der Waals surface area contributed by atoms with Crippen LogP contribution in [0, 0.1) is 3.57 Å². The molecular weight excluding hydrogens is 399 g/mol. The molecule has 0 bridgehead atoms. The number of rotatable bonds is 3. The summed E-state index contributed by atoms with van der Waals surface area (Å²) in [4.78, 5) is 3.64. The number of aromatic nitrogens is 1. The lowest BCUT2D eigenvalue weighted by Gasteiger charge is -2.25. The molecule has 4 heteroatoms. The third-order valence-electron chi connectivity index (χ3n) is 4.45. The van der Waals surface area contributed by atoms with Crippen LogP contribution in [0.2, 0.25) is 0 Å². The van der Waals surface area contributed by atoms with Gasteiger partial charge >= 0.3 is 0 Å². The van der Waals surface area contributed by atoms with Crippen LogP contribution in [0.4, 0.5) is 0 Å². The molecule has 0 saturated carbocycles. The number of H-pyrrole nitrogens is 1. The van der Waals surface area contributed by atoms with Crippen LogP contribution in [-0.2, 0) is 6.42 Å². The number of nitrogens with one attached hydrogen (secondary N) is 2. The van der Waals surface area contributed by atoms with Crippen LogP contribution >= 0.6 is 22.6 Å². The van der Waals surface area contributed by atoms with Crippen molar-refractivity contribution in [2.24, 2.45) is 0 Å². The lowest BCUT2D eigenvalue weighted by atomic mass is 9.94. The van der Waals surface area contributed by atoms with Crippen molar-refractivity contribution in [1.29, 1.82) is 0 Å². The monoisotopic (exact) mass is 418 g/mol. The zero-order valence-corrected chi connectivity index (χ0v) is 15.2. The number of halogens is 1. The Morgan fingerprint density at radius 1 is 1.22 bits per heavy atom. The largest absolute Gasteiger partial charge is 0.494 e. The molecule has 1 aromatic heterocycles. The minimum atomic E-state index is 0.231. The van der Waals surface area contributed by atoms with Crippen LogP contribution in [0.1, 0.15) is 29.8 Å². The van der Waals surface area contributed by atoms with E-state index in [1.54, 1.807) is 0 Å². The maximum absolute atomic E-state index is 5.67. The first kappa shape index (κ1) is 15.0. The second kappa shape index (κ2) is 6.17. The van der Waals surface area contributed by atoms with Gasteiger partial charge in [0.1, 0.15) is 5.75 Å². The summed E-state index contributed by atoms with van der Waals surface area (Å²) in [5, 5.41) is 4.96.